The van der Waals surface area contributed by atoms with Crippen LogP contribution in [-0.2, 0) is 6.42 Å². The van der Waals surface area contributed by atoms with Crippen molar-refractivity contribution in [2.45, 2.75) is 19.4 Å². The number of benzene rings is 2. The molecule has 4 heteroatoms. The monoisotopic (exact) mass is 339 g/mol. The standard InChI is InChI=1S/C16H16BrF2N/c1-10-3-8-13(18)15(16(10)19)14(20-2)9-11-4-6-12(17)7-5-11/h3-8,14,20H,9H2,1-2H3. The van der Waals surface area contributed by atoms with Gasteiger partial charge in [-0.15, -0.1) is 0 Å². The van der Waals surface area contributed by atoms with E-state index in [-0.39, 0.29) is 5.56 Å². The second-order valence-corrected chi connectivity index (χ2v) is 5.68. The van der Waals surface area contributed by atoms with Gasteiger partial charge in [-0.2, -0.15) is 0 Å². The first-order valence-corrected chi connectivity index (χ1v) is 7.18. The van der Waals surface area contributed by atoms with E-state index in [0.29, 0.717) is 12.0 Å². The van der Waals surface area contributed by atoms with Crippen LogP contribution in [-0.4, -0.2) is 7.05 Å². The summed E-state index contributed by atoms with van der Waals surface area (Å²) in [5.41, 5.74) is 1.58. The molecule has 1 atom stereocenters. The average Bonchev–Trinajstić information content (AvgIpc) is 2.44. The molecule has 0 spiro atoms. The van der Waals surface area contributed by atoms with Crippen LogP contribution in [0.4, 0.5) is 8.78 Å². The van der Waals surface area contributed by atoms with E-state index < -0.39 is 17.7 Å². The molecule has 0 radical (unpaired) electrons. The molecule has 2 aromatic carbocycles. The molecule has 1 unspecified atom stereocenters. The molecule has 1 nitrogen and oxygen atoms in total. The first kappa shape index (κ1) is 15.1. The van der Waals surface area contributed by atoms with Gasteiger partial charge in [-0.25, -0.2) is 8.78 Å². The summed E-state index contributed by atoms with van der Waals surface area (Å²) >= 11 is 3.37. The lowest BCUT2D eigenvalue weighted by atomic mass is 9.96. The van der Waals surface area contributed by atoms with Gasteiger partial charge in [0.2, 0.25) is 0 Å². The summed E-state index contributed by atoms with van der Waals surface area (Å²) in [6.07, 6.45) is 0.529. The zero-order chi connectivity index (χ0) is 14.7. The predicted molar refractivity (Wildman–Crippen MR) is 80.7 cm³/mol. The van der Waals surface area contributed by atoms with Crippen LogP contribution in [0, 0.1) is 18.6 Å². The number of halogens is 3. The molecule has 106 valence electrons. The number of aryl methyl sites for hydroxylation is 1. The average molecular weight is 340 g/mol. The van der Waals surface area contributed by atoms with E-state index in [0.717, 1.165) is 10.0 Å². The Morgan fingerprint density at radius 3 is 2.35 bits per heavy atom. The smallest absolute Gasteiger partial charge is 0.133 e. The Morgan fingerprint density at radius 1 is 1.10 bits per heavy atom. The first-order valence-electron chi connectivity index (χ1n) is 6.39. The minimum absolute atomic E-state index is 0.107. The maximum Gasteiger partial charge on any atom is 0.133 e. The summed E-state index contributed by atoms with van der Waals surface area (Å²) in [5, 5.41) is 3.00. The largest absolute Gasteiger partial charge is 0.313 e. The Labute approximate surface area is 126 Å². The normalized spacial score (nSPS) is 12.4. The van der Waals surface area contributed by atoms with Crippen LogP contribution < -0.4 is 5.32 Å². The molecule has 0 amide bonds. The number of rotatable bonds is 4. The van der Waals surface area contributed by atoms with Crippen molar-refractivity contribution < 1.29 is 8.78 Å². The second kappa shape index (κ2) is 6.46. The van der Waals surface area contributed by atoms with Gasteiger partial charge in [0, 0.05) is 16.1 Å². The summed E-state index contributed by atoms with van der Waals surface area (Å²) in [5.74, 6) is -0.981. The highest BCUT2D eigenvalue weighted by molar-refractivity contribution is 9.10. The Balaban J connectivity index is 2.33. The summed E-state index contributed by atoms with van der Waals surface area (Å²) in [6.45, 7) is 1.64. The second-order valence-electron chi connectivity index (χ2n) is 4.76. The molecular weight excluding hydrogens is 324 g/mol. The van der Waals surface area contributed by atoms with E-state index in [1.807, 2.05) is 24.3 Å². The molecule has 2 rings (SSSR count). The minimum atomic E-state index is -0.510. The topological polar surface area (TPSA) is 12.0 Å². The van der Waals surface area contributed by atoms with Gasteiger partial charge in [0.05, 0.1) is 0 Å². The van der Waals surface area contributed by atoms with Gasteiger partial charge in [-0.3, -0.25) is 0 Å². The molecule has 0 aliphatic rings. The van der Waals surface area contributed by atoms with Crippen LogP contribution >= 0.6 is 15.9 Å². The maximum atomic E-state index is 14.2. The van der Waals surface area contributed by atoms with Crippen molar-refractivity contribution in [1.29, 1.82) is 0 Å². The number of hydrogen-bond donors (Lipinski definition) is 1. The number of likely N-dealkylation sites (N-methyl/N-ethyl adjacent to an activating group) is 1. The zero-order valence-corrected chi connectivity index (χ0v) is 13.0. The molecule has 0 aliphatic heterocycles. The highest BCUT2D eigenvalue weighted by Crippen LogP contribution is 2.26. The van der Waals surface area contributed by atoms with Crippen LogP contribution in [0.25, 0.3) is 0 Å². The number of hydrogen-bond acceptors (Lipinski definition) is 1. The van der Waals surface area contributed by atoms with Gasteiger partial charge in [-0.05, 0) is 49.7 Å². The third-order valence-electron chi connectivity index (χ3n) is 3.37. The van der Waals surface area contributed by atoms with Crippen molar-refractivity contribution in [3.05, 3.63) is 69.2 Å². The van der Waals surface area contributed by atoms with E-state index in [1.165, 1.54) is 12.1 Å². The van der Waals surface area contributed by atoms with Gasteiger partial charge in [0.25, 0.3) is 0 Å². The summed E-state index contributed by atoms with van der Waals surface area (Å²) in [6, 6.07) is 10.1. The molecule has 0 bridgehead atoms. The molecule has 0 aliphatic carbocycles. The van der Waals surface area contributed by atoms with Crippen molar-refractivity contribution in [3.8, 4) is 0 Å². The fraction of sp³-hybridized carbons (Fsp3) is 0.250. The fourth-order valence-electron chi connectivity index (χ4n) is 2.20. The van der Waals surface area contributed by atoms with Gasteiger partial charge in [0.15, 0.2) is 0 Å². The van der Waals surface area contributed by atoms with E-state index in [2.05, 4.69) is 21.2 Å². The van der Waals surface area contributed by atoms with Gasteiger partial charge < -0.3 is 5.32 Å². The van der Waals surface area contributed by atoms with Crippen molar-refractivity contribution in [3.63, 3.8) is 0 Å². The fourth-order valence-corrected chi connectivity index (χ4v) is 2.47. The molecular formula is C16H16BrF2N. The molecule has 0 fully saturated rings. The van der Waals surface area contributed by atoms with Crippen molar-refractivity contribution >= 4 is 15.9 Å². The molecule has 1 N–H and O–H groups in total. The van der Waals surface area contributed by atoms with Crippen molar-refractivity contribution in [1.82, 2.24) is 5.32 Å². The predicted octanol–water partition coefficient (Wildman–Crippen LogP) is 4.54. The van der Waals surface area contributed by atoms with Crippen LogP contribution in [0.3, 0.4) is 0 Å². The van der Waals surface area contributed by atoms with Crippen molar-refractivity contribution in [2.24, 2.45) is 0 Å². The number of nitrogens with one attached hydrogen (secondary N) is 1. The van der Waals surface area contributed by atoms with E-state index in [1.54, 1.807) is 14.0 Å². The molecule has 0 heterocycles. The molecule has 0 saturated carbocycles. The van der Waals surface area contributed by atoms with Crippen LogP contribution in [0.15, 0.2) is 40.9 Å². The third-order valence-corrected chi connectivity index (χ3v) is 3.90. The molecule has 2 aromatic rings. The highest BCUT2D eigenvalue weighted by Gasteiger charge is 2.20. The first-order chi connectivity index (χ1) is 9.52. The third kappa shape index (κ3) is 3.25. The highest BCUT2D eigenvalue weighted by atomic mass is 79.9. The zero-order valence-electron chi connectivity index (χ0n) is 11.4. The maximum absolute atomic E-state index is 14.2. The quantitative estimate of drug-likeness (QED) is 0.862. The molecule has 0 saturated heterocycles. The van der Waals surface area contributed by atoms with E-state index >= 15 is 0 Å². The Kier molecular flexibility index (Phi) is 4.89. The lowest BCUT2D eigenvalue weighted by molar-refractivity contribution is 0.486. The van der Waals surface area contributed by atoms with Crippen LogP contribution in [0.5, 0.6) is 0 Å². The summed E-state index contributed by atoms with van der Waals surface area (Å²) < 4.78 is 29.1. The van der Waals surface area contributed by atoms with E-state index in [4.69, 9.17) is 0 Å². The van der Waals surface area contributed by atoms with Gasteiger partial charge in [0.1, 0.15) is 11.6 Å². The minimum Gasteiger partial charge on any atom is -0.313 e. The van der Waals surface area contributed by atoms with Crippen molar-refractivity contribution in [2.75, 3.05) is 7.05 Å². The Hall–Kier alpha value is -1.26. The molecule has 20 heavy (non-hydrogen) atoms. The van der Waals surface area contributed by atoms with E-state index in [9.17, 15) is 8.78 Å². The summed E-state index contributed by atoms with van der Waals surface area (Å²) in [4.78, 5) is 0. The summed E-state index contributed by atoms with van der Waals surface area (Å²) in [7, 11) is 1.71. The molecule has 0 aromatic heterocycles. The van der Waals surface area contributed by atoms with Crippen LogP contribution in [0.1, 0.15) is 22.7 Å². The SMILES string of the molecule is CNC(Cc1ccc(Br)cc1)c1c(F)ccc(C)c1F. The van der Waals surface area contributed by atoms with Gasteiger partial charge in [-0.1, -0.05) is 34.1 Å². The lowest BCUT2D eigenvalue weighted by Gasteiger charge is -2.19. The van der Waals surface area contributed by atoms with Crippen LogP contribution in [0.2, 0.25) is 0 Å². The Bertz CT molecular complexity index is 596. The lowest BCUT2D eigenvalue weighted by Crippen LogP contribution is -2.22. The van der Waals surface area contributed by atoms with Gasteiger partial charge >= 0.3 is 0 Å². The Morgan fingerprint density at radius 2 is 1.75 bits per heavy atom.